The highest BCUT2D eigenvalue weighted by atomic mass is 19.4. The molecule has 11 heteroatoms. The van der Waals surface area contributed by atoms with Crippen LogP contribution >= 0.6 is 0 Å². The van der Waals surface area contributed by atoms with E-state index in [0.717, 1.165) is 48.5 Å². The van der Waals surface area contributed by atoms with Gasteiger partial charge < -0.3 is 20.4 Å². The molecule has 3 aromatic carbocycles. The van der Waals surface area contributed by atoms with Crippen molar-refractivity contribution in [2.24, 2.45) is 0 Å². The Labute approximate surface area is 188 Å². The Kier molecular flexibility index (Phi) is 6.13. The summed E-state index contributed by atoms with van der Waals surface area (Å²) in [6, 6.07) is 8.71. The van der Waals surface area contributed by atoms with Gasteiger partial charge in [-0.05, 0) is 34.9 Å². The molecule has 0 fully saturated rings. The van der Waals surface area contributed by atoms with Gasteiger partial charge in [0, 0.05) is 5.56 Å². The molecule has 8 nitrogen and oxygen atoms in total. The molecule has 0 unspecified atom stereocenters. The molecule has 174 valence electrons. The molecule has 0 atom stereocenters. The van der Waals surface area contributed by atoms with Crippen molar-refractivity contribution in [2.75, 3.05) is 0 Å². The molecule has 0 spiro atoms. The summed E-state index contributed by atoms with van der Waals surface area (Å²) < 4.78 is 42.0. The van der Waals surface area contributed by atoms with E-state index in [2.05, 4.69) is 0 Å². The van der Waals surface area contributed by atoms with Crippen molar-refractivity contribution in [3.05, 3.63) is 82.4 Å². The Bertz CT molecular complexity index is 1360. The summed E-state index contributed by atoms with van der Waals surface area (Å²) >= 11 is 0. The average molecular weight is 474 g/mol. The summed E-state index contributed by atoms with van der Waals surface area (Å²) in [7, 11) is 0. The molecule has 0 bridgehead atoms. The third-order valence-electron chi connectivity index (χ3n) is 4.95. The van der Waals surface area contributed by atoms with E-state index < -0.39 is 80.1 Å². The topological polar surface area (TPSA) is 149 Å². The van der Waals surface area contributed by atoms with Gasteiger partial charge in [-0.3, -0.25) is 0 Å². The van der Waals surface area contributed by atoms with Crippen molar-refractivity contribution in [2.45, 2.75) is 6.18 Å². The van der Waals surface area contributed by atoms with Gasteiger partial charge in [-0.15, -0.1) is 0 Å². The highest BCUT2D eigenvalue weighted by molar-refractivity contribution is 6.11. The van der Waals surface area contributed by atoms with Crippen molar-refractivity contribution in [1.29, 1.82) is 0 Å². The maximum atomic E-state index is 14.0. The van der Waals surface area contributed by atoms with E-state index in [0.29, 0.717) is 6.07 Å². The highest BCUT2D eigenvalue weighted by Gasteiger charge is 2.37. The first-order valence-electron chi connectivity index (χ1n) is 9.26. The molecule has 0 aromatic heterocycles. The fourth-order valence-electron chi connectivity index (χ4n) is 3.66. The van der Waals surface area contributed by atoms with Crippen LogP contribution in [0.3, 0.4) is 0 Å². The van der Waals surface area contributed by atoms with Gasteiger partial charge in [0.15, 0.2) is 0 Å². The van der Waals surface area contributed by atoms with Gasteiger partial charge in [0.2, 0.25) is 0 Å². The number of alkyl halides is 3. The summed E-state index contributed by atoms with van der Waals surface area (Å²) in [6.45, 7) is 0. The lowest BCUT2D eigenvalue weighted by atomic mass is 9.84. The predicted molar refractivity (Wildman–Crippen MR) is 110 cm³/mol. The molecule has 0 saturated carbocycles. The summed E-state index contributed by atoms with van der Waals surface area (Å²) in [5.41, 5.74) is -6.93. The van der Waals surface area contributed by atoms with Gasteiger partial charge in [0.25, 0.3) is 0 Å². The van der Waals surface area contributed by atoms with Gasteiger partial charge in [-0.1, -0.05) is 36.4 Å². The zero-order valence-corrected chi connectivity index (χ0v) is 16.8. The molecule has 4 N–H and O–H groups in total. The van der Waals surface area contributed by atoms with E-state index in [1.165, 1.54) is 0 Å². The first kappa shape index (κ1) is 24.0. The molecule has 0 aliphatic heterocycles. The normalized spacial score (nSPS) is 11.1. The first-order chi connectivity index (χ1) is 15.9. The number of rotatable bonds is 6. The average Bonchev–Trinajstić information content (AvgIpc) is 2.76. The number of hydrogen-bond acceptors (Lipinski definition) is 4. The number of halogens is 3. The molecule has 0 saturated heterocycles. The van der Waals surface area contributed by atoms with E-state index in [-0.39, 0.29) is 0 Å². The van der Waals surface area contributed by atoms with Crippen molar-refractivity contribution >= 4 is 23.9 Å². The second-order valence-corrected chi connectivity index (χ2v) is 6.90. The van der Waals surface area contributed by atoms with Gasteiger partial charge in [0.1, 0.15) is 0 Å². The fraction of sp³-hybridized carbons (Fsp3) is 0.0435. The van der Waals surface area contributed by atoms with E-state index >= 15 is 0 Å². The second-order valence-electron chi connectivity index (χ2n) is 6.90. The van der Waals surface area contributed by atoms with Gasteiger partial charge >= 0.3 is 30.1 Å². The fourth-order valence-corrected chi connectivity index (χ4v) is 3.66. The quantitative estimate of drug-likeness (QED) is 0.397. The van der Waals surface area contributed by atoms with Crippen LogP contribution in [0.2, 0.25) is 0 Å². The minimum Gasteiger partial charge on any atom is -0.478 e. The zero-order valence-electron chi connectivity index (χ0n) is 16.8. The smallest absolute Gasteiger partial charge is 0.417 e. The molecule has 3 rings (SSSR count). The van der Waals surface area contributed by atoms with Crippen molar-refractivity contribution in [3.8, 4) is 22.3 Å². The number of carboxylic acids is 4. The highest BCUT2D eigenvalue weighted by Crippen LogP contribution is 2.45. The van der Waals surface area contributed by atoms with E-state index in [9.17, 15) is 52.8 Å². The van der Waals surface area contributed by atoms with Crippen LogP contribution in [0.25, 0.3) is 22.3 Å². The number of carbonyl (C=O) groups is 4. The number of aromatic carboxylic acids is 4. The lowest BCUT2D eigenvalue weighted by Gasteiger charge is -2.21. The van der Waals surface area contributed by atoms with Crippen molar-refractivity contribution < 1.29 is 52.8 Å². The SMILES string of the molecule is O=C(O)c1cccc(-c2cccc(C(F)(F)F)c2-c2cccc(C(=O)O)c2C(=O)O)c1C(=O)O. The van der Waals surface area contributed by atoms with E-state index in [1.54, 1.807) is 0 Å². The molecule has 0 aliphatic rings. The summed E-state index contributed by atoms with van der Waals surface area (Å²) in [5.74, 6) is -6.92. The number of benzene rings is 3. The van der Waals surface area contributed by atoms with Gasteiger partial charge in [-0.25, -0.2) is 19.2 Å². The third-order valence-corrected chi connectivity index (χ3v) is 4.95. The van der Waals surface area contributed by atoms with Crippen LogP contribution in [0.1, 0.15) is 47.0 Å². The molecule has 0 aliphatic carbocycles. The van der Waals surface area contributed by atoms with Crippen molar-refractivity contribution in [1.82, 2.24) is 0 Å². The molecule has 0 heterocycles. The van der Waals surface area contributed by atoms with Crippen LogP contribution in [-0.4, -0.2) is 44.3 Å². The minimum atomic E-state index is -5.06. The Morgan fingerprint density at radius 3 is 1.41 bits per heavy atom. The predicted octanol–water partition coefficient (Wildman–Crippen LogP) is 4.83. The summed E-state index contributed by atoms with van der Waals surface area (Å²) in [5, 5.41) is 38.1. The first-order valence-corrected chi connectivity index (χ1v) is 9.26. The Hall–Kier alpha value is -4.67. The standard InChI is InChI=1S/C23H13F3O8/c24-23(25,26)15-9-3-5-10(11-4-1-7-13(19(27)28)17(11)21(31)32)16(15)12-6-2-8-14(20(29)30)18(12)22(33)34/h1-9H,(H,27,28)(H,29,30)(H,31,32)(H,33,34). The number of hydrogen-bond donors (Lipinski definition) is 4. The number of carboxylic acid groups (broad SMARTS) is 4. The summed E-state index contributed by atoms with van der Waals surface area (Å²) in [4.78, 5) is 47.0. The molecular weight excluding hydrogens is 461 g/mol. The Balaban J connectivity index is 2.58. The zero-order chi connectivity index (χ0) is 25.4. The summed E-state index contributed by atoms with van der Waals surface area (Å²) in [6.07, 6.45) is -5.06. The molecule has 34 heavy (non-hydrogen) atoms. The maximum Gasteiger partial charge on any atom is 0.417 e. The van der Waals surface area contributed by atoms with Crippen LogP contribution in [0.15, 0.2) is 54.6 Å². The lowest BCUT2D eigenvalue weighted by Crippen LogP contribution is -2.14. The van der Waals surface area contributed by atoms with E-state index in [4.69, 9.17) is 0 Å². The van der Waals surface area contributed by atoms with Crippen LogP contribution < -0.4 is 0 Å². The van der Waals surface area contributed by atoms with Crippen LogP contribution in [-0.2, 0) is 6.18 Å². The largest absolute Gasteiger partial charge is 0.478 e. The molecule has 0 radical (unpaired) electrons. The van der Waals surface area contributed by atoms with Crippen LogP contribution in [0, 0.1) is 0 Å². The van der Waals surface area contributed by atoms with Crippen LogP contribution in [0.4, 0.5) is 13.2 Å². The van der Waals surface area contributed by atoms with Crippen molar-refractivity contribution in [3.63, 3.8) is 0 Å². The molecule has 0 amide bonds. The Morgan fingerprint density at radius 1 is 0.559 bits per heavy atom. The van der Waals surface area contributed by atoms with Gasteiger partial charge in [0.05, 0.1) is 27.8 Å². The van der Waals surface area contributed by atoms with E-state index in [1.807, 2.05) is 0 Å². The second kappa shape index (κ2) is 8.70. The lowest BCUT2D eigenvalue weighted by molar-refractivity contribution is -0.137. The van der Waals surface area contributed by atoms with Crippen LogP contribution in [0.5, 0.6) is 0 Å². The Morgan fingerprint density at radius 2 is 0.971 bits per heavy atom. The monoisotopic (exact) mass is 474 g/mol. The molecule has 3 aromatic rings. The third kappa shape index (κ3) is 4.18. The minimum absolute atomic E-state index is 0.425. The molecular formula is C23H13F3O8. The van der Waals surface area contributed by atoms with Gasteiger partial charge in [-0.2, -0.15) is 13.2 Å². The maximum absolute atomic E-state index is 14.0.